The van der Waals surface area contributed by atoms with Crippen LogP contribution in [0.1, 0.15) is 23.6 Å². The molecule has 0 fully saturated rings. The van der Waals surface area contributed by atoms with Gasteiger partial charge in [0.25, 0.3) is 5.56 Å². The van der Waals surface area contributed by atoms with Crippen molar-refractivity contribution < 1.29 is 4.74 Å². The zero-order chi connectivity index (χ0) is 22.0. The van der Waals surface area contributed by atoms with Gasteiger partial charge in [0.2, 0.25) is 0 Å². The molecule has 0 aliphatic heterocycles. The first-order valence-corrected chi connectivity index (χ1v) is 10.2. The minimum atomic E-state index is -0.143. The first kappa shape index (κ1) is 20.4. The summed E-state index contributed by atoms with van der Waals surface area (Å²) in [7, 11) is 1.62. The summed E-state index contributed by atoms with van der Waals surface area (Å²) >= 11 is 0. The highest BCUT2D eigenvalue weighted by Gasteiger charge is 2.19. The number of hydrogen-bond acceptors (Lipinski definition) is 3. The second kappa shape index (κ2) is 8.48. The van der Waals surface area contributed by atoms with Gasteiger partial charge < -0.3 is 4.74 Å². The zero-order valence-electron chi connectivity index (χ0n) is 18.1. The Morgan fingerprint density at radius 3 is 2.32 bits per heavy atom. The van der Waals surface area contributed by atoms with Gasteiger partial charge in [-0.05, 0) is 56.7 Å². The molecule has 0 atom stereocenters. The summed E-state index contributed by atoms with van der Waals surface area (Å²) in [5.41, 5.74) is 6.60. The predicted molar refractivity (Wildman–Crippen MR) is 126 cm³/mol. The Labute approximate surface area is 181 Å². The molecule has 31 heavy (non-hydrogen) atoms. The predicted octanol–water partition coefficient (Wildman–Crippen LogP) is 5.60. The Kier molecular flexibility index (Phi) is 5.58. The van der Waals surface area contributed by atoms with Crippen LogP contribution in [0.4, 0.5) is 5.69 Å². The molecule has 0 aliphatic carbocycles. The second-order valence-corrected chi connectivity index (χ2v) is 7.55. The van der Waals surface area contributed by atoms with E-state index in [9.17, 15) is 4.79 Å². The molecular weight excluding hydrogens is 386 g/mol. The van der Waals surface area contributed by atoms with Gasteiger partial charge in [0.1, 0.15) is 5.75 Å². The quantitative estimate of drug-likeness (QED) is 0.435. The van der Waals surface area contributed by atoms with Gasteiger partial charge in [-0.1, -0.05) is 48.0 Å². The van der Waals surface area contributed by atoms with Crippen molar-refractivity contribution in [3.05, 3.63) is 99.8 Å². The van der Waals surface area contributed by atoms with Crippen molar-refractivity contribution >= 4 is 11.4 Å². The lowest BCUT2D eigenvalue weighted by Crippen LogP contribution is -2.19. The monoisotopic (exact) mass is 411 g/mol. The Balaban J connectivity index is 1.90. The highest BCUT2D eigenvalue weighted by molar-refractivity contribution is 6.04. The summed E-state index contributed by atoms with van der Waals surface area (Å²) in [5.74, 6) is 0.736. The first-order chi connectivity index (χ1) is 15.0. The first-order valence-electron chi connectivity index (χ1n) is 10.2. The summed E-state index contributed by atoms with van der Waals surface area (Å²) in [6.45, 7) is 5.97. The molecule has 1 N–H and O–H groups in total. The molecule has 0 spiro atoms. The normalized spacial score (nSPS) is 11.5. The van der Waals surface area contributed by atoms with Crippen molar-refractivity contribution in [3.8, 4) is 22.7 Å². The lowest BCUT2D eigenvalue weighted by molar-refractivity contribution is 0.414. The van der Waals surface area contributed by atoms with E-state index in [1.54, 1.807) is 11.8 Å². The molecule has 0 amide bonds. The third-order valence-corrected chi connectivity index (χ3v) is 5.29. The highest BCUT2D eigenvalue weighted by Crippen LogP contribution is 2.25. The van der Waals surface area contributed by atoms with Crippen molar-refractivity contribution in [3.63, 3.8) is 0 Å². The van der Waals surface area contributed by atoms with E-state index in [1.807, 2.05) is 80.6 Å². The summed E-state index contributed by atoms with van der Waals surface area (Å²) < 4.78 is 6.79. The molecule has 3 aromatic carbocycles. The van der Waals surface area contributed by atoms with Gasteiger partial charge in [0, 0.05) is 5.56 Å². The van der Waals surface area contributed by atoms with Crippen LogP contribution in [-0.4, -0.2) is 22.6 Å². The van der Waals surface area contributed by atoms with E-state index < -0.39 is 0 Å². The molecule has 0 saturated heterocycles. The number of hydrogen-bond donors (Lipinski definition) is 1. The average molecular weight is 412 g/mol. The number of ether oxygens (including phenoxy) is 1. The number of nitrogens with zero attached hydrogens (tertiary/aromatic N) is 2. The molecule has 5 nitrogen and oxygen atoms in total. The topological polar surface area (TPSA) is 59.4 Å². The van der Waals surface area contributed by atoms with Crippen LogP contribution in [0.3, 0.4) is 0 Å². The fourth-order valence-electron chi connectivity index (χ4n) is 3.67. The van der Waals surface area contributed by atoms with Gasteiger partial charge in [0.15, 0.2) is 0 Å². The second-order valence-electron chi connectivity index (χ2n) is 7.55. The Morgan fingerprint density at radius 1 is 0.968 bits per heavy atom. The molecule has 0 saturated carbocycles. The van der Waals surface area contributed by atoms with Crippen molar-refractivity contribution in [2.75, 3.05) is 7.11 Å². The number of benzene rings is 3. The zero-order valence-corrected chi connectivity index (χ0v) is 18.1. The van der Waals surface area contributed by atoms with E-state index in [0.717, 1.165) is 33.9 Å². The summed E-state index contributed by atoms with van der Waals surface area (Å²) in [4.78, 5) is 18.3. The number of methoxy groups -OCH3 is 1. The summed E-state index contributed by atoms with van der Waals surface area (Å²) in [6, 6.07) is 23.3. The lowest BCUT2D eigenvalue weighted by atomic mass is 10.0. The molecule has 0 aliphatic rings. The SMILES string of the molecule is COc1ccc(-n2[nH]c(-c3ccccc3)c(C(C)=Nc3ccc(C)cc3C)c2=O)cc1. The van der Waals surface area contributed by atoms with E-state index in [-0.39, 0.29) is 5.56 Å². The Morgan fingerprint density at radius 2 is 1.68 bits per heavy atom. The molecule has 1 aromatic heterocycles. The van der Waals surface area contributed by atoms with E-state index >= 15 is 0 Å². The van der Waals surface area contributed by atoms with Crippen molar-refractivity contribution in [2.24, 2.45) is 4.99 Å². The smallest absolute Gasteiger partial charge is 0.280 e. The minimum Gasteiger partial charge on any atom is -0.497 e. The number of nitrogens with one attached hydrogen (secondary N) is 1. The average Bonchev–Trinajstić information content (AvgIpc) is 3.13. The van der Waals surface area contributed by atoms with Gasteiger partial charge in [-0.15, -0.1) is 0 Å². The molecule has 4 aromatic rings. The third kappa shape index (κ3) is 4.08. The number of aliphatic imine (C=N–C) groups is 1. The summed E-state index contributed by atoms with van der Waals surface area (Å²) in [5, 5.41) is 3.29. The van der Waals surface area contributed by atoms with Crippen LogP contribution in [0.15, 0.2) is 82.6 Å². The fraction of sp³-hybridized carbons (Fsp3) is 0.154. The molecule has 1 heterocycles. The van der Waals surface area contributed by atoms with E-state index in [4.69, 9.17) is 9.73 Å². The maximum atomic E-state index is 13.5. The minimum absolute atomic E-state index is 0.143. The van der Waals surface area contributed by atoms with Crippen LogP contribution in [-0.2, 0) is 0 Å². The fourth-order valence-corrected chi connectivity index (χ4v) is 3.67. The standard InChI is InChI=1S/C26H25N3O2/c1-17-10-15-23(18(2)16-17)27-19(3)24-25(20-8-6-5-7-9-20)28-29(26(24)30)21-11-13-22(31-4)14-12-21/h5-16,28H,1-4H3. The maximum absolute atomic E-state index is 13.5. The number of aryl methyl sites for hydroxylation is 2. The van der Waals surface area contributed by atoms with Crippen LogP contribution >= 0.6 is 0 Å². The third-order valence-electron chi connectivity index (χ3n) is 5.29. The molecule has 5 heteroatoms. The van der Waals surface area contributed by atoms with Crippen LogP contribution in [0.5, 0.6) is 5.75 Å². The Hall–Kier alpha value is -3.86. The number of rotatable bonds is 5. The molecule has 4 rings (SSSR count). The maximum Gasteiger partial charge on any atom is 0.280 e. The van der Waals surface area contributed by atoms with E-state index in [0.29, 0.717) is 11.3 Å². The highest BCUT2D eigenvalue weighted by atomic mass is 16.5. The van der Waals surface area contributed by atoms with Crippen LogP contribution < -0.4 is 10.3 Å². The van der Waals surface area contributed by atoms with Crippen molar-refractivity contribution in [1.29, 1.82) is 0 Å². The number of aromatic amines is 1. The van der Waals surface area contributed by atoms with Crippen molar-refractivity contribution in [1.82, 2.24) is 9.78 Å². The molecule has 0 unspecified atom stereocenters. The molecule has 0 radical (unpaired) electrons. The number of H-pyrrole nitrogens is 1. The van der Waals surface area contributed by atoms with Gasteiger partial charge in [-0.2, -0.15) is 0 Å². The van der Waals surface area contributed by atoms with Gasteiger partial charge in [0.05, 0.1) is 35.5 Å². The largest absolute Gasteiger partial charge is 0.497 e. The molecule has 156 valence electrons. The van der Waals surface area contributed by atoms with Crippen molar-refractivity contribution in [2.45, 2.75) is 20.8 Å². The van der Waals surface area contributed by atoms with Gasteiger partial charge in [-0.3, -0.25) is 14.9 Å². The van der Waals surface area contributed by atoms with Gasteiger partial charge in [-0.25, -0.2) is 4.68 Å². The number of aromatic nitrogens is 2. The van der Waals surface area contributed by atoms with E-state index in [1.165, 1.54) is 5.56 Å². The van der Waals surface area contributed by atoms with Crippen LogP contribution in [0.2, 0.25) is 0 Å². The lowest BCUT2D eigenvalue weighted by Gasteiger charge is -2.05. The Bertz CT molecular complexity index is 1300. The van der Waals surface area contributed by atoms with Crippen LogP contribution in [0, 0.1) is 13.8 Å². The molecule has 0 bridgehead atoms. The van der Waals surface area contributed by atoms with Gasteiger partial charge >= 0.3 is 0 Å². The molecular formula is C26H25N3O2. The summed E-state index contributed by atoms with van der Waals surface area (Å²) in [6.07, 6.45) is 0. The van der Waals surface area contributed by atoms with Crippen LogP contribution in [0.25, 0.3) is 16.9 Å². The van der Waals surface area contributed by atoms with E-state index in [2.05, 4.69) is 18.1 Å².